The van der Waals surface area contributed by atoms with Crippen molar-refractivity contribution in [1.82, 2.24) is 9.97 Å². The fourth-order valence-corrected chi connectivity index (χ4v) is 1.73. The fraction of sp³-hybridized carbons (Fsp3) is 0.214. The molecular weight excluding hydrogens is 276 g/mol. The highest BCUT2D eigenvalue weighted by Gasteiger charge is 2.08. The Bertz CT molecular complexity index is 598. The molecule has 20 heavy (non-hydrogen) atoms. The highest BCUT2D eigenvalue weighted by molar-refractivity contribution is 6.30. The summed E-state index contributed by atoms with van der Waals surface area (Å²) in [7, 11) is 0. The predicted molar refractivity (Wildman–Crippen MR) is 80.2 cm³/mol. The molecule has 0 saturated carbocycles. The number of amides is 1. The van der Waals surface area contributed by atoms with Gasteiger partial charge in [-0.15, -0.1) is 0 Å². The maximum absolute atomic E-state index is 12.0. The van der Waals surface area contributed by atoms with E-state index in [9.17, 15) is 4.79 Å². The van der Waals surface area contributed by atoms with Gasteiger partial charge in [-0.2, -0.15) is 0 Å². The highest BCUT2D eigenvalue weighted by Crippen LogP contribution is 2.13. The Kier molecular flexibility index (Phi) is 4.53. The number of pyridine rings is 2. The van der Waals surface area contributed by atoms with Crippen LogP contribution >= 0.6 is 11.6 Å². The topological polar surface area (TPSA) is 66.9 Å². The number of anilines is 2. The van der Waals surface area contributed by atoms with Crippen LogP contribution in [0.4, 0.5) is 11.6 Å². The number of aromatic nitrogens is 2. The maximum Gasteiger partial charge on any atom is 0.258 e. The van der Waals surface area contributed by atoms with Crippen LogP contribution in [0.25, 0.3) is 0 Å². The molecule has 0 aromatic carbocycles. The van der Waals surface area contributed by atoms with Crippen molar-refractivity contribution >= 4 is 29.1 Å². The van der Waals surface area contributed by atoms with Crippen molar-refractivity contribution in [2.75, 3.05) is 10.6 Å². The summed E-state index contributed by atoms with van der Waals surface area (Å²) < 4.78 is 0. The number of carbonyl (C=O) groups excluding carboxylic acids is 1. The summed E-state index contributed by atoms with van der Waals surface area (Å²) in [6.45, 7) is 4.04. The first-order valence-electron chi connectivity index (χ1n) is 6.20. The van der Waals surface area contributed by atoms with Gasteiger partial charge in [-0.05, 0) is 38.1 Å². The monoisotopic (exact) mass is 290 g/mol. The molecular formula is C14H15ClN4O. The Balaban J connectivity index is 2.06. The van der Waals surface area contributed by atoms with E-state index in [1.54, 1.807) is 24.3 Å². The number of hydrogen-bond donors (Lipinski definition) is 2. The van der Waals surface area contributed by atoms with E-state index < -0.39 is 0 Å². The van der Waals surface area contributed by atoms with Crippen LogP contribution in [-0.2, 0) is 0 Å². The van der Waals surface area contributed by atoms with E-state index >= 15 is 0 Å². The van der Waals surface area contributed by atoms with Gasteiger partial charge in [0, 0.05) is 23.5 Å². The molecule has 0 aliphatic carbocycles. The molecule has 5 nitrogen and oxygen atoms in total. The van der Waals surface area contributed by atoms with E-state index in [1.165, 1.54) is 12.4 Å². The minimum Gasteiger partial charge on any atom is -0.368 e. The summed E-state index contributed by atoms with van der Waals surface area (Å²) in [5.74, 6) is 0.868. The first-order valence-corrected chi connectivity index (χ1v) is 6.58. The minimum atomic E-state index is -0.275. The largest absolute Gasteiger partial charge is 0.368 e. The van der Waals surface area contributed by atoms with Gasteiger partial charge in [0.2, 0.25) is 0 Å². The third-order valence-corrected chi connectivity index (χ3v) is 2.66. The summed E-state index contributed by atoms with van der Waals surface area (Å²) in [5.41, 5.74) is 0.459. The average molecular weight is 291 g/mol. The smallest absolute Gasteiger partial charge is 0.258 e. The standard InChI is InChI=1S/C14H15ClN4O/c1-9(2)18-12-4-3-10(8-17-12)14(20)19-13-7-11(15)5-6-16-13/h3-9H,1-2H3,(H,17,18)(H,16,19,20). The van der Waals surface area contributed by atoms with Crippen molar-refractivity contribution in [3.05, 3.63) is 47.2 Å². The van der Waals surface area contributed by atoms with Gasteiger partial charge in [0.15, 0.2) is 0 Å². The molecule has 0 unspecified atom stereocenters. The highest BCUT2D eigenvalue weighted by atomic mass is 35.5. The lowest BCUT2D eigenvalue weighted by molar-refractivity contribution is 0.102. The lowest BCUT2D eigenvalue weighted by Crippen LogP contribution is -2.14. The Morgan fingerprint density at radius 2 is 2.00 bits per heavy atom. The van der Waals surface area contributed by atoms with Crippen LogP contribution in [0, 0.1) is 0 Å². The van der Waals surface area contributed by atoms with Crippen molar-refractivity contribution in [1.29, 1.82) is 0 Å². The molecule has 0 atom stereocenters. The average Bonchev–Trinajstić information content (AvgIpc) is 2.38. The van der Waals surface area contributed by atoms with Gasteiger partial charge in [-0.1, -0.05) is 11.6 Å². The molecule has 0 spiro atoms. The SMILES string of the molecule is CC(C)Nc1ccc(C(=O)Nc2cc(Cl)ccn2)cn1. The van der Waals surface area contributed by atoms with E-state index in [2.05, 4.69) is 20.6 Å². The van der Waals surface area contributed by atoms with Crippen molar-refractivity contribution in [2.24, 2.45) is 0 Å². The molecule has 0 aliphatic rings. The zero-order chi connectivity index (χ0) is 14.5. The third-order valence-electron chi connectivity index (χ3n) is 2.43. The van der Waals surface area contributed by atoms with Crippen LogP contribution in [0.2, 0.25) is 5.02 Å². The van der Waals surface area contributed by atoms with Gasteiger partial charge in [-0.25, -0.2) is 9.97 Å². The zero-order valence-electron chi connectivity index (χ0n) is 11.2. The predicted octanol–water partition coefficient (Wildman–Crippen LogP) is 3.20. The van der Waals surface area contributed by atoms with E-state index in [-0.39, 0.29) is 11.9 Å². The van der Waals surface area contributed by atoms with E-state index in [0.717, 1.165) is 5.82 Å². The lowest BCUT2D eigenvalue weighted by Gasteiger charge is -2.09. The van der Waals surface area contributed by atoms with Gasteiger partial charge >= 0.3 is 0 Å². The van der Waals surface area contributed by atoms with Gasteiger partial charge in [0.1, 0.15) is 11.6 Å². The molecule has 1 amide bonds. The van der Waals surface area contributed by atoms with E-state index in [4.69, 9.17) is 11.6 Å². The van der Waals surface area contributed by atoms with Crippen molar-refractivity contribution in [3.8, 4) is 0 Å². The zero-order valence-corrected chi connectivity index (χ0v) is 12.0. The Labute approximate surface area is 122 Å². The van der Waals surface area contributed by atoms with Gasteiger partial charge in [0.05, 0.1) is 5.56 Å². The number of rotatable bonds is 4. The van der Waals surface area contributed by atoms with Gasteiger partial charge in [0.25, 0.3) is 5.91 Å². The molecule has 2 N–H and O–H groups in total. The van der Waals surface area contributed by atoms with Gasteiger partial charge in [-0.3, -0.25) is 4.79 Å². The number of nitrogens with one attached hydrogen (secondary N) is 2. The number of hydrogen-bond acceptors (Lipinski definition) is 4. The molecule has 0 radical (unpaired) electrons. The quantitative estimate of drug-likeness (QED) is 0.907. The molecule has 104 valence electrons. The van der Waals surface area contributed by atoms with Gasteiger partial charge < -0.3 is 10.6 Å². The van der Waals surface area contributed by atoms with Crippen LogP contribution < -0.4 is 10.6 Å². The fourth-order valence-electron chi connectivity index (χ4n) is 1.57. The Morgan fingerprint density at radius 3 is 2.60 bits per heavy atom. The van der Waals surface area contributed by atoms with Crippen molar-refractivity contribution < 1.29 is 4.79 Å². The first kappa shape index (κ1) is 14.3. The molecule has 2 aromatic rings. The third kappa shape index (κ3) is 3.93. The lowest BCUT2D eigenvalue weighted by atomic mass is 10.2. The molecule has 0 bridgehead atoms. The summed E-state index contributed by atoms with van der Waals surface area (Å²) >= 11 is 5.83. The van der Waals surface area contributed by atoms with E-state index in [0.29, 0.717) is 16.4 Å². The molecule has 2 rings (SSSR count). The molecule has 2 aromatic heterocycles. The second-order valence-electron chi connectivity index (χ2n) is 4.54. The van der Waals surface area contributed by atoms with Crippen LogP contribution in [0.5, 0.6) is 0 Å². The number of carbonyl (C=O) groups is 1. The minimum absolute atomic E-state index is 0.275. The molecule has 2 heterocycles. The summed E-state index contributed by atoms with van der Waals surface area (Å²) in [6.07, 6.45) is 3.05. The van der Waals surface area contributed by atoms with Crippen LogP contribution in [-0.4, -0.2) is 21.9 Å². The molecule has 0 aliphatic heterocycles. The summed E-state index contributed by atoms with van der Waals surface area (Å²) in [5, 5.41) is 6.34. The second-order valence-corrected chi connectivity index (χ2v) is 4.98. The molecule has 6 heteroatoms. The normalized spacial score (nSPS) is 10.4. The van der Waals surface area contributed by atoms with E-state index in [1.807, 2.05) is 13.8 Å². The summed E-state index contributed by atoms with van der Waals surface area (Å²) in [6, 6.07) is 6.99. The van der Waals surface area contributed by atoms with Crippen molar-refractivity contribution in [2.45, 2.75) is 19.9 Å². The number of nitrogens with zero attached hydrogens (tertiary/aromatic N) is 2. The van der Waals surface area contributed by atoms with Crippen LogP contribution in [0.15, 0.2) is 36.7 Å². The maximum atomic E-state index is 12.0. The Hall–Kier alpha value is -2.14. The Morgan fingerprint density at radius 1 is 1.20 bits per heavy atom. The second kappa shape index (κ2) is 6.34. The first-order chi connectivity index (χ1) is 9.54. The molecule has 0 saturated heterocycles. The number of halogens is 1. The van der Waals surface area contributed by atoms with Crippen LogP contribution in [0.3, 0.4) is 0 Å². The summed E-state index contributed by atoms with van der Waals surface area (Å²) in [4.78, 5) is 20.2. The van der Waals surface area contributed by atoms with Crippen molar-refractivity contribution in [3.63, 3.8) is 0 Å². The molecule has 0 fully saturated rings. The van der Waals surface area contributed by atoms with Crippen LogP contribution in [0.1, 0.15) is 24.2 Å².